The van der Waals surface area contributed by atoms with E-state index in [4.69, 9.17) is 0 Å². The van der Waals surface area contributed by atoms with Gasteiger partial charge in [0, 0.05) is 11.6 Å². The van der Waals surface area contributed by atoms with Crippen molar-refractivity contribution in [1.82, 2.24) is 5.32 Å². The van der Waals surface area contributed by atoms with Crippen molar-refractivity contribution < 1.29 is 14.8 Å². The maximum atomic E-state index is 11.8. The minimum Gasteiger partial charge on any atom is -0.502 e. The number of carbonyl (C=O) groups excluding carboxylic acids is 1. The Labute approximate surface area is 98.4 Å². The van der Waals surface area contributed by atoms with Crippen molar-refractivity contribution in [2.75, 3.05) is 0 Å². The van der Waals surface area contributed by atoms with Crippen LogP contribution in [-0.2, 0) is 0 Å². The molecule has 6 heteroatoms. The van der Waals surface area contributed by atoms with Gasteiger partial charge < -0.3 is 10.4 Å². The van der Waals surface area contributed by atoms with Crippen LogP contribution in [0.3, 0.4) is 0 Å². The Kier molecular flexibility index (Phi) is 3.36. The van der Waals surface area contributed by atoms with E-state index in [-0.39, 0.29) is 5.56 Å². The lowest BCUT2D eigenvalue weighted by Gasteiger charge is -2.20. The van der Waals surface area contributed by atoms with E-state index in [1.165, 1.54) is 12.1 Å². The van der Waals surface area contributed by atoms with Crippen LogP contribution in [0, 0.1) is 10.1 Å². The standard InChI is InChI=1S/C11H14N2O4/c1-11(2,3)12-10(15)7-5-4-6-8(9(7)14)13(16)17/h4-6,14H,1-3H3,(H,12,15). The summed E-state index contributed by atoms with van der Waals surface area (Å²) in [6, 6.07) is 3.84. The molecule has 1 amide bonds. The number of aromatic hydroxyl groups is 1. The fraction of sp³-hybridized carbons (Fsp3) is 0.364. The lowest BCUT2D eigenvalue weighted by Crippen LogP contribution is -2.40. The highest BCUT2D eigenvalue weighted by molar-refractivity contribution is 5.98. The average molecular weight is 238 g/mol. The van der Waals surface area contributed by atoms with Gasteiger partial charge in [0.15, 0.2) is 0 Å². The summed E-state index contributed by atoms with van der Waals surface area (Å²) in [7, 11) is 0. The minimum atomic E-state index is -0.733. The summed E-state index contributed by atoms with van der Waals surface area (Å²) in [6.07, 6.45) is 0. The molecule has 0 fully saturated rings. The number of nitro benzene ring substituents is 1. The Morgan fingerprint density at radius 1 is 1.41 bits per heavy atom. The van der Waals surface area contributed by atoms with Crippen LogP contribution >= 0.6 is 0 Å². The molecular formula is C11H14N2O4. The summed E-state index contributed by atoms with van der Waals surface area (Å²) in [4.78, 5) is 21.6. The number of phenols is 1. The number of amides is 1. The van der Waals surface area contributed by atoms with Crippen LogP contribution in [0.5, 0.6) is 5.75 Å². The first-order valence-electron chi connectivity index (χ1n) is 5.01. The number of nitrogens with one attached hydrogen (secondary N) is 1. The molecule has 6 nitrogen and oxygen atoms in total. The predicted molar refractivity (Wildman–Crippen MR) is 62.0 cm³/mol. The molecule has 0 aromatic heterocycles. The number of nitro groups is 1. The summed E-state index contributed by atoms with van der Waals surface area (Å²) in [5, 5.41) is 22.8. The largest absolute Gasteiger partial charge is 0.502 e. The van der Waals surface area contributed by atoms with Crippen molar-refractivity contribution in [2.24, 2.45) is 0 Å². The molecular weight excluding hydrogens is 224 g/mol. The van der Waals surface area contributed by atoms with Gasteiger partial charge in [-0.1, -0.05) is 6.07 Å². The summed E-state index contributed by atoms with van der Waals surface area (Å²) < 4.78 is 0. The third-order valence-electron chi connectivity index (χ3n) is 1.94. The minimum absolute atomic E-state index is 0.103. The van der Waals surface area contributed by atoms with Crippen LogP contribution in [0.1, 0.15) is 31.1 Å². The second kappa shape index (κ2) is 4.40. The molecule has 2 N–H and O–H groups in total. The van der Waals surface area contributed by atoms with Gasteiger partial charge in [0.1, 0.15) is 0 Å². The molecule has 0 atom stereocenters. The lowest BCUT2D eigenvalue weighted by atomic mass is 10.1. The Bertz CT molecular complexity index is 463. The summed E-state index contributed by atoms with van der Waals surface area (Å²) in [5.74, 6) is -1.15. The quantitative estimate of drug-likeness (QED) is 0.607. The number of rotatable bonds is 2. The molecule has 1 aromatic carbocycles. The van der Waals surface area contributed by atoms with E-state index in [0.29, 0.717) is 0 Å². The number of hydrogen-bond donors (Lipinski definition) is 2. The van der Waals surface area contributed by atoms with Crippen molar-refractivity contribution in [3.63, 3.8) is 0 Å². The maximum Gasteiger partial charge on any atom is 0.311 e. The highest BCUT2D eigenvalue weighted by Crippen LogP contribution is 2.29. The number of nitrogens with zero attached hydrogens (tertiary/aromatic N) is 1. The van der Waals surface area contributed by atoms with Gasteiger partial charge in [-0.3, -0.25) is 14.9 Å². The molecule has 0 aliphatic heterocycles. The van der Waals surface area contributed by atoms with E-state index in [1.54, 1.807) is 20.8 Å². The third-order valence-corrected chi connectivity index (χ3v) is 1.94. The normalized spacial score (nSPS) is 11.0. The van der Waals surface area contributed by atoms with Crippen molar-refractivity contribution in [1.29, 1.82) is 0 Å². The van der Waals surface area contributed by atoms with Crippen molar-refractivity contribution in [3.05, 3.63) is 33.9 Å². The van der Waals surface area contributed by atoms with E-state index >= 15 is 0 Å². The fourth-order valence-electron chi connectivity index (χ4n) is 1.27. The molecule has 92 valence electrons. The molecule has 0 aliphatic rings. The zero-order valence-corrected chi connectivity index (χ0v) is 9.85. The topological polar surface area (TPSA) is 92.5 Å². The van der Waals surface area contributed by atoms with Crippen LogP contribution in [0.25, 0.3) is 0 Å². The second-order valence-electron chi connectivity index (χ2n) is 4.63. The highest BCUT2D eigenvalue weighted by atomic mass is 16.6. The van der Waals surface area contributed by atoms with Gasteiger partial charge in [-0.2, -0.15) is 0 Å². The summed E-state index contributed by atoms with van der Waals surface area (Å²) >= 11 is 0. The van der Waals surface area contributed by atoms with Gasteiger partial charge in [-0.05, 0) is 26.8 Å². The Morgan fingerprint density at radius 2 is 2.00 bits per heavy atom. The number of benzene rings is 1. The molecule has 0 saturated heterocycles. The average Bonchev–Trinajstić information content (AvgIpc) is 2.14. The van der Waals surface area contributed by atoms with Gasteiger partial charge >= 0.3 is 5.69 Å². The van der Waals surface area contributed by atoms with Crippen LogP contribution < -0.4 is 5.32 Å². The van der Waals surface area contributed by atoms with Crippen LogP contribution in [-0.4, -0.2) is 21.5 Å². The molecule has 0 bridgehead atoms. The molecule has 0 spiro atoms. The number of hydrogen-bond acceptors (Lipinski definition) is 4. The van der Waals surface area contributed by atoms with Gasteiger partial charge in [-0.25, -0.2) is 0 Å². The Morgan fingerprint density at radius 3 is 2.47 bits per heavy atom. The monoisotopic (exact) mass is 238 g/mol. The Hall–Kier alpha value is -2.11. The SMILES string of the molecule is CC(C)(C)NC(=O)c1cccc([N+](=O)[O-])c1O. The van der Waals surface area contributed by atoms with Crippen LogP contribution in [0.4, 0.5) is 5.69 Å². The molecule has 0 unspecified atom stereocenters. The third kappa shape index (κ3) is 3.17. The molecule has 1 aromatic rings. The molecule has 0 heterocycles. The van der Waals surface area contributed by atoms with Crippen molar-refractivity contribution >= 4 is 11.6 Å². The van der Waals surface area contributed by atoms with Gasteiger partial charge in [-0.15, -0.1) is 0 Å². The fourth-order valence-corrected chi connectivity index (χ4v) is 1.27. The molecule has 17 heavy (non-hydrogen) atoms. The van der Waals surface area contributed by atoms with E-state index < -0.39 is 27.8 Å². The first-order valence-corrected chi connectivity index (χ1v) is 5.01. The summed E-state index contributed by atoms with van der Waals surface area (Å²) in [5.41, 5.74) is -1.06. The molecule has 0 radical (unpaired) electrons. The Balaban J connectivity index is 3.11. The lowest BCUT2D eigenvalue weighted by molar-refractivity contribution is -0.385. The van der Waals surface area contributed by atoms with Crippen LogP contribution in [0.2, 0.25) is 0 Å². The van der Waals surface area contributed by atoms with Gasteiger partial charge in [0.05, 0.1) is 10.5 Å². The zero-order valence-electron chi connectivity index (χ0n) is 9.85. The van der Waals surface area contributed by atoms with Crippen molar-refractivity contribution in [2.45, 2.75) is 26.3 Å². The van der Waals surface area contributed by atoms with Gasteiger partial charge in [0.2, 0.25) is 5.75 Å². The second-order valence-corrected chi connectivity index (χ2v) is 4.63. The first-order chi connectivity index (χ1) is 7.72. The molecule has 1 rings (SSSR count). The molecule has 0 saturated carbocycles. The highest BCUT2D eigenvalue weighted by Gasteiger charge is 2.23. The van der Waals surface area contributed by atoms with Crippen LogP contribution in [0.15, 0.2) is 18.2 Å². The molecule has 0 aliphatic carbocycles. The van der Waals surface area contributed by atoms with E-state index in [9.17, 15) is 20.0 Å². The predicted octanol–water partition coefficient (Wildman–Crippen LogP) is 1.83. The smallest absolute Gasteiger partial charge is 0.311 e. The maximum absolute atomic E-state index is 11.8. The number of para-hydroxylation sites is 1. The first kappa shape index (κ1) is 13.0. The van der Waals surface area contributed by atoms with Crippen molar-refractivity contribution in [3.8, 4) is 5.75 Å². The van der Waals surface area contributed by atoms with E-state index in [2.05, 4.69) is 5.32 Å². The van der Waals surface area contributed by atoms with E-state index in [1.807, 2.05) is 0 Å². The van der Waals surface area contributed by atoms with Gasteiger partial charge in [0.25, 0.3) is 5.91 Å². The number of phenolic OH excluding ortho intramolecular Hbond substituents is 1. The summed E-state index contributed by atoms with van der Waals surface area (Å²) in [6.45, 7) is 5.33. The van der Waals surface area contributed by atoms with E-state index in [0.717, 1.165) is 6.07 Å². The zero-order chi connectivity index (χ0) is 13.2. The number of carbonyl (C=O) groups is 1.